The summed E-state index contributed by atoms with van der Waals surface area (Å²) in [6, 6.07) is 0. The molecule has 2 heteroatoms. The summed E-state index contributed by atoms with van der Waals surface area (Å²) in [4.78, 5) is 0. The molecule has 0 spiro atoms. The van der Waals surface area contributed by atoms with Crippen molar-refractivity contribution in [1.82, 2.24) is 0 Å². The van der Waals surface area contributed by atoms with E-state index in [0.29, 0.717) is 0 Å². The van der Waals surface area contributed by atoms with Crippen LogP contribution >= 0.6 is 0 Å². The summed E-state index contributed by atoms with van der Waals surface area (Å²) in [6.07, 6.45) is 0. The molecule has 0 N–H and O–H groups in total. The lowest BCUT2D eigenvalue weighted by atomic mass is 10.3. The Labute approximate surface area is 40.6 Å². The highest BCUT2D eigenvalue weighted by Crippen LogP contribution is 2.15. The van der Waals surface area contributed by atoms with Crippen LogP contribution in [0.3, 0.4) is 0 Å². The summed E-state index contributed by atoms with van der Waals surface area (Å²) in [6.45, 7) is 5.90. The minimum Gasteiger partial charge on any atom is -0.392 e. The average molecular weight is 102 g/mol. The van der Waals surface area contributed by atoms with Crippen molar-refractivity contribution in [2.75, 3.05) is 0 Å². The van der Waals surface area contributed by atoms with Gasteiger partial charge in [0.05, 0.1) is 0 Å². The molecule has 0 atom stereocenters. The van der Waals surface area contributed by atoms with Crippen LogP contribution in [0, 0.1) is 0 Å². The molecule has 0 heterocycles. The normalized spacial score (nSPS) is 11.2. The molecule has 0 fully saturated rings. The molecule has 0 amide bonds. The van der Waals surface area contributed by atoms with Gasteiger partial charge in [-0.2, -0.15) is 0 Å². The first kappa shape index (κ1) is 6.02. The Kier molecular flexibility index (Phi) is 1.65. The SMILES string of the molecule is CC(C)(C)[SiH]=O. The summed E-state index contributed by atoms with van der Waals surface area (Å²) in [5.41, 5.74) is 0. The maximum absolute atomic E-state index is 10.0. The summed E-state index contributed by atoms with van der Waals surface area (Å²) < 4.78 is 10.0. The summed E-state index contributed by atoms with van der Waals surface area (Å²) in [5.74, 6) is 0. The van der Waals surface area contributed by atoms with E-state index in [4.69, 9.17) is 0 Å². The molecule has 0 aliphatic rings. The zero-order valence-electron chi connectivity index (χ0n) is 4.49. The Morgan fingerprint density at radius 2 is 1.50 bits per heavy atom. The van der Waals surface area contributed by atoms with Crippen LogP contribution in [0.5, 0.6) is 0 Å². The molecule has 0 saturated carbocycles. The molecule has 0 unspecified atom stereocenters. The van der Waals surface area contributed by atoms with Crippen molar-refractivity contribution in [2.24, 2.45) is 0 Å². The molecule has 0 rings (SSSR count). The van der Waals surface area contributed by atoms with Crippen molar-refractivity contribution < 1.29 is 4.46 Å². The predicted octanol–water partition coefficient (Wildman–Crippen LogP) is 0.987. The van der Waals surface area contributed by atoms with Crippen LogP contribution in [0.4, 0.5) is 0 Å². The fourth-order valence-corrected chi connectivity index (χ4v) is 0. The first-order valence-corrected chi connectivity index (χ1v) is 3.07. The van der Waals surface area contributed by atoms with E-state index < -0.39 is 9.41 Å². The highest BCUT2D eigenvalue weighted by atomic mass is 28.2. The lowest BCUT2D eigenvalue weighted by Crippen LogP contribution is -1.97. The van der Waals surface area contributed by atoms with Crippen LogP contribution < -0.4 is 0 Å². The highest BCUT2D eigenvalue weighted by molar-refractivity contribution is 6.21. The van der Waals surface area contributed by atoms with Gasteiger partial charge in [-0.05, 0) is 0 Å². The first-order valence-electron chi connectivity index (χ1n) is 2.02. The Bertz CT molecular complexity index is 53.1. The smallest absolute Gasteiger partial charge is 0.266 e. The van der Waals surface area contributed by atoms with E-state index in [2.05, 4.69) is 0 Å². The molecule has 6 heavy (non-hydrogen) atoms. The van der Waals surface area contributed by atoms with Crippen molar-refractivity contribution in [3.63, 3.8) is 0 Å². The zero-order valence-corrected chi connectivity index (χ0v) is 5.64. The topological polar surface area (TPSA) is 17.1 Å². The molecule has 0 saturated heterocycles. The molecular weight excluding hydrogens is 92.1 g/mol. The van der Waals surface area contributed by atoms with Crippen LogP contribution in [-0.4, -0.2) is 9.41 Å². The second-order valence-corrected chi connectivity index (χ2v) is 4.45. The standard InChI is InChI=1S/C4H10OSi/c1-4(2,3)6-5/h6H,1-3H3. The van der Waals surface area contributed by atoms with Gasteiger partial charge in [0, 0.05) is 5.04 Å². The summed E-state index contributed by atoms with van der Waals surface area (Å²) >= 11 is 0. The van der Waals surface area contributed by atoms with Gasteiger partial charge in [-0.15, -0.1) is 0 Å². The molecular formula is C4H10OSi. The van der Waals surface area contributed by atoms with E-state index in [0.717, 1.165) is 0 Å². The predicted molar refractivity (Wildman–Crippen MR) is 27.6 cm³/mol. The van der Waals surface area contributed by atoms with Crippen molar-refractivity contribution >= 4 is 9.41 Å². The number of hydrogen-bond donors (Lipinski definition) is 0. The molecule has 0 radical (unpaired) electrons. The third-order valence-corrected chi connectivity index (χ3v) is 1.06. The van der Waals surface area contributed by atoms with Gasteiger partial charge in [-0.1, -0.05) is 20.8 Å². The van der Waals surface area contributed by atoms with Crippen LogP contribution in [0.15, 0.2) is 0 Å². The van der Waals surface area contributed by atoms with Crippen LogP contribution in [0.2, 0.25) is 5.04 Å². The molecule has 36 valence electrons. The van der Waals surface area contributed by atoms with E-state index in [1.807, 2.05) is 20.8 Å². The molecule has 0 aromatic carbocycles. The lowest BCUT2D eigenvalue weighted by Gasteiger charge is -2.02. The summed E-state index contributed by atoms with van der Waals surface area (Å²) in [7, 11) is -0.590. The van der Waals surface area contributed by atoms with Gasteiger partial charge in [0.15, 0.2) is 0 Å². The second-order valence-electron chi connectivity index (χ2n) is 2.48. The molecule has 0 aromatic rings. The van der Waals surface area contributed by atoms with Crippen LogP contribution in [0.1, 0.15) is 20.8 Å². The number of hydrogen-bond acceptors (Lipinski definition) is 1. The minimum atomic E-state index is -0.590. The van der Waals surface area contributed by atoms with Crippen molar-refractivity contribution in [3.8, 4) is 0 Å². The Balaban J connectivity index is 3.45. The molecule has 1 nitrogen and oxygen atoms in total. The van der Waals surface area contributed by atoms with Gasteiger partial charge in [-0.3, -0.25) is 0 Å². The maximum Gasteiger partial charge on any atom is 0.266 e. The molecule has 0 aliphatic carbocycles. The minimum absolute atomic E-state index is 0.0694. The van der Waals surface area contributed by atoms with Crippen molar-refractivity contribution in [1.29, 1.82) is 0 Å². The highest BCUT2D eigenvalue weighted by Gasteiger charge is 2.06. The summed E-state index contributed by atoms with van der Waals surface area (Å²) in [5, 5.41) is 0.0694. The third-order valence-electron chi connectivity index (χ3n) is 0.354. The monoisotopic (exact) mass is 102 g/mol. The van der Waals surface area contributed by atoms with Crippen LogP contribution in [0.25, 0.3) is 0 Å². The quantitative estimate of drug-likeness (QED) is 0.417. The van der Waals surface area contributed by atoms with Gasteiger partial charge < -0.3 is 4.46 Å². The van der Waals surface area contributed by atoms with Gasteiger partial charge in [0.1, 0.15) is 0 Å². The fraction of sp³-hybridized carbons (Fsp3) is 1.00. The molecule has 0 bridgehead atoms. The third kappa shape index (κ3) is 4.02. The Hall–Kier alpha value is 0.0169. The van der Waals surface area contributed by atoms with E-state index in [1.54, 1.807) is 0 Å². The Morgan fingerprint density at radius 1 is 1.33 bits per heavy atom. The lowest BCUT2D eigenvalue weighted by molar-refractivity contribution is 0.547. The van der Waals surface area contributed by atoms with E-state index in [9.17, 15) is 4.46 Å². The second kappa shape index (κ2) is 1.64. The number of rotatable bonds is 0. The van der Waals surface area contributed by atoms with Crippen molar-refractivity contribution in [3.05, 3.63) is 0 Å². The zero-order chi connectivity index (χ0) is 5.21. The van der Waals surface area contributed by atoms with Gasteiger partial charge in [0.25, 0.3) is 9.41 Å². The van der Waals surface area contributed by atoms with E-state index in [-0.39, 0.29) is 5.04 Å². The van der Waals surface area contributed by atoms with Gasteiger partial charge >= 0.3 is 0 Å². The first-order chi connectivity index (χ1) is 2.56. The average Bonchev–Trinajstić information content (AvgIpc) is 1.35. The van der Waals surface area contributed by atoms with E-state index in [1.165, 1.54) is 0 Å². The fourth-order valence-electron chi connectivity index (χ4n) is 0. The van der Waals surface area contributed by atoms with E-state index >= 15 is 0 Å². The van der Waals surface area contributed by atoms with Crippen molar-refractivity contribution in [2.45, 2.75) is 25.8 Å². The van der Waals surface area contributed by atoms with Gasteiger partial charge in [-0.25, -0.2) is 0 Å². The van der Waals surface area contributed by atoms with Gasteiger partial charge in [0.2, 0.25) is 0 Å². The largest absolute Gasteiger partial charge is 0.392 e. The molecule has 0 aromatic heterocycles. The Morgan fingerprint density at radius 3 is 1.50 bits per heavy atom. The molecule has 0 aliphatic heterocycles. The van der Waals surface area contributed by atoms with Crippen LogP contribution in [-0.2, 0) is 4.46 Å². The maximum atomic E-state index is 10.0.